The van der Waals surface area contributed by atoms with E-state index in [1.807, 2.05) is 72.8 Å². The van der Waals surface area contributed by atoms with E-state index in [-0.39, 0.29) is 25.2 Å². The smallest absolute Gasteiger partial charge is 0.252 e. The number of ether oxygens (including phenoxy) is 1. The van der Waals surface area contributed by atoms with Crippen LogP contribution in [0.25, 0.3) is 22.2 Å². The number of aliphatic hydroxyl groups excluding tert-OH is 1. The average molecular weight is 525 g/mol. The maximum atomic E-state index is 14.0. The van der Waals surface area contributed by atoms with Gasteiger partial charge in [0.2, 0.25) is 0 Å². The summed E-state index contributed by atoms with van der Waals surface area (Å²) in [5.41, 5.74) is 4.74. The van der Waals surface area contributed by atoms with Crippen LogP contribution >= 0.6 is 0 Å². The monoisotopic (exact) mass is 524 g/mol. The molecule has 8 heteroatoms. The molecule has 1 aromatic heterocycles. The fraction of sp³-hybridized carbons (Fsp3) is 0.290. The van der Waals surface area contributed by atoms with Crippen LogP contribution in [0.15, 0.2) is 84.0 Å². The van der Waals surface area contributed by atoms with Gasteiger partial charge in [-0.25, -0.2) is 4.98 Å². The van der Waals surface area contributed by atoms with Crippen LogP contribution in [-0.2, 0) is 13.1 Å². The Labute approximate surface area is 227 Å². The SMILES string of the molecule is O=NCCOc1ccc2c(C(=O)NCc3ccccc3)c(CN3CCC(O)CC3)c(-c3ccccc3)nc2c1. The van der Waals surface area contributed by atoms with Crippen LogP contribution in [0.3, 0.4) is 0 Å². The van der Waals surface area contributed by atoms with E-state index in [9.17, 15) is 14.8 Å². The van der Waals surface area contributed by atoms with Gasteiger partial charge in [0.25, 0.3) is 5.91 Å². The van der Waals surface area contributed by atoms with Gasteiger partial charge >= 0.3 is 0 Å². The van der Waals surface area contributed by atoms with E-state index in [1.165, 1.54) is 0 Å². The van der Waals surface area contributed by atoms with Crippen LogP contribution in [0.5, 0.6) is 5.75 Å². The van der Waals surface area contributed by atoms with E-state index < -0.39 is 0 Å². The third-order valence-corrected chi connectivity index (χ3v) is 7.02. The lowest BCUT2D eigenvalue weighted by atomic mass is 9.94. The van der Waals surface area contributed by atoms with Crippen LogP contribution < -0.4 is 10.1 Å². The summed E-state index contributed by atoms with van der Waals surface area (Å²) >= 11 is 0. The number of fused-ring (bicyclic) bond motifs is 1. The largest absolute Gasteiger partial charge is 0.491 e. The van der Waals surface area contributed by atoms with Crippen molar-refractivity contribution in [3.05, 3.63) is 100 Å². The Morgan fingerprint density at radius 3 is 2.46 bits per heavy atom. The molecule has 1 fully saturated rings. The van der Waals surface area contributed by atoms with Crippen molar-refractivity contribution in [3.63, 3.8) is 0 Å². The number of nitrogens with zero attached hydrogens (tertiary/aromatic N) is 3. The van der Waals surface area contributed by atoms with Crippen molar-refractivity contribution in [3.8, 4) is 17.0 Å². The minimum atomic E-state index is -0.286. The number of hydrogen-bond donors (Lipinski definition) is 2. The number of nitrogens with one attached hydrogen (secondary N) is 1. The average Bonchev–Trinajstić information content (AvgIpc) is 2.98. The van der Waals surface area contributed by atoms with Crippen molar-refractivity contribution < 1.29 is 14.6 Å². The van der Waals surface area contributed by atoms with E-state index in [4.69, 9.17) is 9.72 Å². The van der Waals surface area contributed by atoms with Crippen molar-refractivity contribution in [1.29, 1.82) is 0 Å². The number of amides is 1. The molecule has 0 radical (unpaired) electrons. The van der Waals surface area contributed by atoms with Crippen LogP contribution in [0.4, 0.5) is 0 Å². The molecule has 39 heavy (non-hydrogen) atoms. The van der Waals surface area contributed by atoms with Crippen molar-refractivity contribution in [2.24, 2.45) is 5.18 Å². The number of nitroso groups, excluding NO2 is 1. The molecule has 2 N–H and O–H groups in total. The van der Waals surface area contributed by atoms with Gasteiger partial charge in [-0.2, -0.15) is 4.91 Å². The molecule has 0 unspecified atom stereocenters. The summed E-state index contributed by atoms with van der Waals surface area (Å²) in [5.74, 6) is 0.389. The Kier molecular flexibility index (Phi) is 8.55. The van der Waals surface area contributed by atoms with E-state index in [1.54, 1.807) is 6.07 Å². The lowest BCUT2D eigenvalue weighted by Crippen LogP contribution is -2.36. The summed E-state index contributed by atoms with van der Waals surface area (Å²) in [4.78, 5) is 31.8. The first-order valence-electron chi connectivity index (χ1n) is 13.3. The standard InChI is InChI=1S/C31H32N4O4/c36-24-13-16-35(17-14-24)21-27-29(31(37)32-20-22-7-3-1-4-8-22)26-12-11-25(39-18-15-33-38)19-28(26)34-30(27)23-9-5-2-6-10-23/h1-12,19,24,36H,13-18,20-21H2,(H,32,37). The zero-order valence-corrected chi connectivity index (χ0v) is 21.8. The van der Waals surface area contributed by atoms with Gasteiger partial charge in [-0.3, -0.25) is 9.69 Å². The maximum absolute atomic E-state index is 14.0. The minimum Gasteiger partial charge on any atom is -0.491 e. The molecule has 1 aliphatic rings. The van der Waals surface area contributed by atoms with Crippen LogP contribution in [0, 0.1) is 4.91 Å². The van der Waals surface area contributed by atoms with Gasteiger partial charge in [0.05, 0.1) is 22.9 Å². The van der Waals surface area contributed by atoms with Gasteiger partial charge in [-0.05, 0) is 30.5 Å². The highest BCUT2D eigenvalue weighted by atomic mass is 16.5. The summed E-state index contributed by atoms with van der Waals surface area (Å²) in [5, 5.41) is 16.8. The Morgan fingerprint density at radius 1 is 1.03 bits per heavy atom. The zero-order chi connectivity index (χ0) is 27.0. The summed E-state index contributed by atoms with van der Waals surface area (Å²) < 4.78 is 5.70. The highest BCUT2D eigenvalue weighted by Gasteiger charge is 2.25. The molecule has 8 nitrogen and oxygen atoms in total. The predicted molar refractivity (Wildman–Crippen MR) is 151 cm³/mol. The second-order valence-electron chi connectivity index (χ2n) is 9.74. The molecule has 3 aromatic carbocycles. The Bertz CT molecular complexity index is 1420. The number of benzene rings is 3. The molecule has 2 heterocycles. The number of aromatic nitrogens is 1. The first-order valence-corrected chi connectivity index (χ1v) is 13.3. The minimum absolute atomic E-state index is 0.0529. The Hall–Kier alpha value is -4.14. The quantitative estimate of drug-likeness (QED) is 0.225. The van der Waals surface area contributed by atoms with Crippen LogP contribution in [0.1, 0.15) is 34.3 Å². The predicted octanol–water partition coefficient (Wildman–Crippen LogP) is 4.93. The number of pyridine rings is 1. The third-order valence-electron chi connectivity index (χ3n) is 7.02. The third kappa shape index (κ3) is 6.47. The summed E-state index contributed by atoms with van der Waals surface area (Å²) in [6.45, 7) is 2.66. The van der Waals surface area contributed by atoms with Gasteiger partial charge in [0, 0.05) is 48.8 Å². The molecule has 1 aliphatic heterocycles. The first-order chi connectivity index (χ1) is 19.1. The summed E-state index contributed by atoms with van der Waals surface area (Å²) in [7, 11) is 0. The van der Waals surface area contributed by atoms with E-state index >= 15 is 0 Å². The van der Waals surface area contributed by atoms with Gasteiger partial charge in [-0.15, -0.1) is 0 Å². The Balaban J connectivity index is 1.61. The van der Waals surface area contributed by atoms with Crippen LogP contribution in [-0.4, -0.2) is 53.2 Å². The van der Waals surface area contributed by atoms with Crippen molar-refractivity contribution >= 4 is 16.8 Å². The van der Waals surface area contributed by atoms with Gasteiger partial charge in [0.1, 0.15) is 18.9 Å². The van der Waals surface area contributed by atoms with Gasteiger partial charge in [-0.1, -0.05) is 65.8 Å². The van der Waals surface area contributed by atoms with Gasteiger partial charge in [0.15, 0.2) is 0 Å². The number of rotatable bonds is 10. The van der Waals surface area contributed by atoms with E-state index in [0.717, 1.165) is 40.9 Å². The Morgan fingerprint density at radius 2 is 1.74 bits per heavy atom. The number of likely N-dealkylation sites (tertiary alicyclic amines) is 1. The lowest BCUT2D eigenvalue weighted by molar-refractivity contribution is 0.0787. The molecule has 5 rings (SSSR count). The van der Waals surface area contributed by atoms with Crippen molar-refractivity contribution in [2.75, 3.05) is 26.2 Å². The topological polar surface area (TPSA) is 104 Å². The number of carbonyl (C=O) groups excluding carboxylic acids is 1. The van der Waals surface area contributed by atoms with Crippen molar-refractivity contribution in [2.45, 2.75) is 32.0 Å². The second kappa shape index (κ2) is 12.6. The molecule has 4 aromatic rings. The number of carbonyl (C=O) groups is 1. The highest BCUT2D eigenvalue weighted by Crippen LogP contribution is 2.33. The number of piperidine rings is 1. The normalized spacial score (nSPS) is 14.3. The maximum Gasteiger partial charge on any atom is 0.252 e. The van der Waals surface area contributed by atoms with E-state index in [2.05, 4.69) is 15.4 Å². The highest BCUT2D eigenvalue weighted by molar-refractivity contribution is 6.09. The zero-order valence-electron chi connectivity index (χ0n) is 21.8. The number of hydrogen-bond acceptors (Lipinski definition) is 7. The van der Waals surface area contributed by atoms with Crippen LogP contribution in [0.2, 0.25) is 0 Å². The molecular weight excluding hydrogens is 492 g/mol. The van der Waals surface area contributed by atoms with Crippen molar-refractivity contribution in [1.82, 2.24) is 15.2 Å². The van der Waals surface area contributed by atoms with Gasteiger partial charge < -0.3 is 15.2 Å². The first kappa shape index (κ1) is 26.5. The second-order valence-corrected chi connectivity index (χ2v) is 9.74. The molecule has 1 saturated heterocycles. The lowest BCUT2D eigenvalue weighted by Gasteiger charge is -2.31. The molecule has 1 amide bonds. The summed E-state index contributed by atoms with van der Waals surface area (Å²) in [6, 6.07) is 25.2. The molecule has 0 bridgehead atoms. The molecular formula is C31H32N4O4. The fourth-order valence-corrected chi connectivity index (χ4v) is 4.99. The number of aliphatic hydroxyl groups is 1. The van der Waals surface area contributed by atoms with E-state index in [0.29, 0.717) is 42.8 Å². The molecule has 0 atom stereocenters. The molecule has 0 spiro atoms. The molecule has 0 aliphatic carbocycles. The molecule has 0 saturated carbocycles. The fourth-order valence-electron chi connectivity index (χ4n) is 4.99. The summed E-state index contributed by atoms with van der Waals surface area (Å²) in [6.07, 6.45) is 1.12. The molecule has 200 valence electrons.